The number of ether oxygens (including phenoxy) is 1. The van der Waals surface area contributed by atoms with Crippen LogP contribution in [0, 0.1) is 0 Å². The first-order valence-electron chi connectivity index (χ1n) is 8.37. The second kappa shape index (κ2) is 7.45. The maximum atomic E-state index is 12.0. The van der Waals surface area contributed by atoms with Crippen molar-refractivity contribution in [2.45, 2.75) is 32.2 Å². The van der Waals surface area contributed by atoms with Crippen molar-refractivity contribution in [1.82, 2.24) is 9.88 Å². The van der Waals surface area contributed by atoms with Crippen LogP contribution in [0.2, 0.25) is 0 Å². The lowest BCUT2D eigenvalue weighted by molar-refractivity contribution is -0.117. The Morgan fingerprint density at radius 2 is 2.17 bits per heavy atom. The number of pyridine rings is 1. The van der Waals surface area contributed by atoms with Gasteiger partial charge in [-0.3, -0.25) is 9.69 Å². The lowest BCUT2D eigenvalue weighted by atomic mass is 10.2. The third-order valence-corrected chi connectivity index (χ3v) is 4.11. The first kappa shape index (κ1) is 16.5. The third-order valence-electron chi connectivity index (χ3n) is 4.11. The number of nitrogens with one attached hydrogen (secondary N) is 1. The fraction of sp³-hybridized carbons (Fsp3) is 0.368. The molecule has 0 bridgehead atoms. The van der Waals surface area contributed by atoms with E-state index in [1.807, 2.05) is 25.2 Å². The van der Waals surface area contributed by atoms with E-state index in [-0.39, 0.29) is 5.91 Å². The van der Waals surface area contributed by atoms with Gasteiger partial charge in [0.15, 0.2) is 0 Å². The van der Waals surface area contributed by atoms with E-state index in [1.54, 1.807) is 18.3 Å². The summed E-state index contributed by atoms with van der Waals surface area (Å²) < 4.78 is 5.75. The molecule has 126 valence electrons. The molecule has 0 atom stereocenters. The van der Waals surface area contributed by atoms with E-state index in [2.05, 4.69) is 28.2 Å². The van der Waals surface area contributed by atoms with Crippen LogP contribution in [-0.2, 0) is 11.2 Å². The second-order valence-electron chi connectivity index (χ2n) is 6.18. The molecule has 1 amide bonds. The van der Waals surface area contributed by atoms with Crippen molar-refractivity contribution in [3.63, 3.8) is 0 Å². The van der Waals surface area contributed by atoms with Gasteiger partial charge in [-0.15, -0.1) is 0 Å². The molecule has 1 aliphatic carbocycles. The average Bonchev–Trinajstić information content (AvgIpc) is 3.42. The van der Waals surface area contributed by atoms with Crippen LogP contribution in [0.15, 0.2) is 42.6 Å². The zero-order valence-corrected chi connectivity index (χ0v) is 14.2. The maximum Gasteiger partial charge on any atom is 0.238 e. The predicted molar refractivity (Wildman–Crippen MR) is 94.4 cm³/mol. The summed E-state index contributed by atoms with van der Waals surface area (Å²) >= 11 is 0. The Morgan fingerprint density at radius 3 is 2.83 bits per heavy atom. The first-order chi connectivity index (χ1) is 11.6. The van der Waals surface area contributed by atoms with Gasteiger partial charge in [0.25, 0.3) is 0 Å². The van der Waals surface area contributed by atoms with Crippen LogP contribution in [0.4, 0.5) is 5.69 Å². The number of nitrogens with zero attached hydrogens (tertiary/aromatic N) is 2. The Hall–Kier alpha value is -2.40. The van der Waals surface area contributed by atoms with Gasteiger partial charge < -0.3 is 10.1 Å². The molecule has 0 unspecified atom stereocenters. The van der Waals surface area contributed by atoms with E-state index < -0.39 is 0 Å². The number of likely N-dealkylation sites (N-methyl/N-ethyl adjacent to an activating group) is 1. The molecule has 2 aromatic rings. The number of carbonyl (C=O) groups excluding carboxylic acids is 1. The van der Waals surface area contributed by atoms with Gasteiger partial charge in [0.2, 0.25) is 11.8 Å². The standard InChI is InChI=1S/C19H23N3O2/c1-3-14-5-4-6-17(11-14)24-19-10-7-15(12-20-19)21-18(23)13-22(2)16-8-9-16/h4-7,10-12,16H,3,8-9,13H2,1-2H3,(H,21,23). The highest BCUT2D eigenvalue weighted by Crippen LogP contribution is 2.25. The number of anilines is 1. The zero-order valence-electron chi connectivity index (χ0n) is 14.2. The molecule has 0 aliphatic heterocycles. The number of hydrogen-bond acceptors (Lipinski definition) is 4. The molecular weight excluding hydrogens is 302 g/mol. The lowest BCUT2D eigenvalue weighted by Gasteiger charge is -2.15. The average molecular weight is 325 g/mol. The Kier molecular flexibility index (Phi) is 5.11. The molecule has 0 spiro atoms. The molecule has 1 heterocycles. The van der Waals surface area contributed by atoms with Crippen LogP contribution in [0.25, 0.3) is 0 Å². The van der Waals surface area contributed by atoms with Gasteiger partial charge in [0.05, 0.1) is 18.4 Å². The number of rotatable bonds is 7. The minimum atomic E-state index is -0.0180. The van der Waals surface area contributed by atoms with Crippen LogP contribution in [0.5, 0.6) is 11.6 Å². The van der Waals surface area contributed by atoms with E-state index in [1.165, 1.54) is 18.4 Å². The Labute approximate surface area is 142 Å². The highest BCUT2D eigenvalue weighted by molar-refractivity contribution is 5.92. The fourth-order valence-electron chi connectivity index (χ4n) is 2.54. The summed E-state index contributed by atoms with van der Waals surface area (Å²) in [5.41, 5.74) is 1.90. The third kappa shape index (κ3) is 4.55. The van der Waals surface area contributed by atoms with Crippen molar-refractivity contribution in [3.8, 4) is 11.6 Å². The molecule has 5 heteroatoms. The number of hydrogen-bond donors (Lipinski definition) is 1. The largest absolute Gasteiger partial charge is 0.439 e. The number of carbonyl (C=O) groups is 1. The Balaban J connectivity index is 1.55. The summed E-state index contributed by atoms with van der Waals surface area (Å²) in [5, 5.41) is 2.87. The Morgan fingerprint density at radius 1 is 1.33 bits per heavy atom. The summed E-state index contributed by atoms with van der Waals surface area (Å²) in [7, 11) is 1.98. The molecule has 1 aromatic heterocycles. The van der Waals surface area contributed by atoms with Gasteiger partial charge in [0, 0.05) is 12.1 Å². The summed E-state index contributed by atoms with van der Waals surface area (Å²) in [6.45, 7) is 2.52. The topological polar surface area (TPSA) is 54.5 Å². The van der Waals surface area contributed by atoms with Crippen molar-refractivity contribution in [3.05, 3.63) is 48.2 Å². The normalized spacial score (nSPS) is 13.8. The molecule has 1 N–H and O–H groups in total. The van der Waals surface area contributed by atoms with Crippen LogP contribution in [0.1, 0.15) is 25.3 Å². The van der Waals surface area contributed by atoms with Crippen molar-refractivity contribution in [1.29, 1.82) is 0 Å². The van der Waals surface area contributed by atoms with Crippen LogP contribution < -0.4 is 10.1 Å². The smallest absolute Gasteiger partial charge is 0.238 e. The van der Waals surface area contributed by atoms with Crippen molar-refractivity contribution in [2.75, 3.05) is 18.9 Å². The van der Waals surface area contributed by atoms with E-state index in [0.717, 1.165) is 12.2 Å². The van der Waals surface area contributed by atoms with E-state index >= 15 is 0 Å². The van der Waals surface area contributed by atoms with Gasteiger partial charge in [-0.25, -0.2) is 4.98 Å². The molecule has 1 saturated carbocycles. The van der Waals surface area contributed by atoms with Crippen molar-refractivity contribution in [2.24, 2.45) is 0 Å². The quantitative estimate of drug-likeness (QED) is 0.847. The molecule has 1 fully saturated rings. The van der Waals surface area contributed by atoms with E-state index in [9.17, 15) is 4.79 Å². The highest BCUT2D eigenvalue weighted by atomic mass is 16.5. The van der Waals surface area contributed by atoms with Crippen LogP contribution >= 0.6 is 0 Å². The van der Waals surface area contributed by atoms with Crippen molar-refractivity contribution >= 4 is 11.6 Å². The molecule has 0 saturated heterocycles. The lowest BCUT2D eigenvalue weighted by Crippen LogP contribution is -2.31. The second-order valence-corrected chi connectivity index (χ2v) is 6.18. The van der Waals surface area contributed by atoms with E-state index in [0.29, 0.717) is 24.2 Å². The van der Waals surface area contributed by atoms with Gasteiger partial charge in [-0.05, 0) is 50.1 Å². The fourth-order valence-corrected chi connectivity index (χ4v) is 2.54. The summed E-state index contributed by atoms with van der Waals surface area (Å²) in [6, 6.07) is 12.1. The van der Waals surface area contributed by atoms with Gasteiger partial charge >= 0.3 is 0 Å². The van der Waals surface area contributed by atoms with Gasteiger partial charge in [-0.2, -0.15) is 0 Å². The summed E-state index contributed by atoms with van der Waals surface area (Å²) in [4.78, 5) is 18.3. The molecule has 1 aliphatic rings. The monoisotopic (exact) mass is 325 g/mol. The Bertz CT molecular complexity index is 696. The predicted octanol–water partition coefficient (Wildman–Crippen LogP) is 3.47. The maximum absolute atomic E-state index is 12.0. The zero-order chi connectivity index (χ0) is 16.9. The summed E-state index contributed by atoms with van der Waals surface area (Å²) in [6.07, 6.45) is 4.96. The SMILES string of the molecule is CCc1cccc(Oc2ccc(NC(=O)CN(C)C3CC3)cn2)c1. The molecule has 5 nitrogen and oxygen atoms in total. The summed E-state index contributed by atoms with van der Waals surface area (Å²) in [5.74, 6) is 1.26. The first-order valence-corrected chi connectivity index (χ1v) is 8.37. The van der Waals surface area contributed by atoms with E-state index in [4.69, 9.17) is 4.74 Å². The number of aromatic nitrogens is 1. The molecule has 24 heavy (non-hydrogen) atoms. The number of aryl methyl sites for hydroxylation is 1. The van der Waals surface area contributed by atoms with Gasteiger partial charge in [0.1, 0.15) is 5.75 Å². The minimum Gasteiger partial charge on any atom is -0.439 e. The number of benzene rings is 1. The molecule has 1 aromatic carbocycles. The number of amides is 1. The van der Waals surface area contributed by atoms with Gasteiger partial charge in [-0.1, -0.05) is 19.1 Å². The van der Waals surface area contributed by atoms with Crippen LogP contribution in [-0.4, -0.2) is 35.4 Å². The molecule has 0 radical (unpaired) electrons. The molecular formula is C19H23N3O2. The minimum absolute atomic E-state index is 0.0180. The highest BCUT2D eigenvalue weighted by Gasteiger charge is 2.27. The van der Waals surface area contributed by atoms with Crippen LogP contribution in [0.3, 0.4) is 0 Å². The van der Waals surface area contributed by atoms with Crippen molar-refractivity contribution < 1.29 is 9.53 Å². The molecule has 3 rings (SSSR count).